The maximum Gasteiger partial charge on any atom is 0.315 e. The molecule has 22 heavy (non-hydrogen) atoms. The Balaban J connectivity index is 1.88. The van der Waals surface area contributed by atoms with Gasteiger partial charge in [-0.3, -0.25) is 4.90 Å². The van der Waals surface area contributed by atoms with Crippen LogP contribution in [0.2, 0.25) is 0 Å². The van der Waals surface area contributed by atoms with E-state index in [9.17, 15) is 9.90 Å². The summed E-state index contributed by atoms with van der Waals surface area (Å²) in [4.78, 5) is 14.0. The Kier molecular flexibility index (Phi) is 6.68. The smallest absolute Gasteiger partial charge is 0.315 e. The van der Waals surface area contributed by atoms with E-state index in [0.29, 0.717) is 13.1 Å². The van der Waals surface area contributed by atoms with Crippen LogP contribution in [0.15, 0.2) is 24.3 Å². The molecule has 1 saturated heterocycles. The Morgan fingerprint density at radius 1 is 1.23 bits per heavy atom. The summed E-state index contributed by atoms with van der Waals surface area (Å²) in [5.74, 6) is 0. The number of nitrogens with zero attached hydrogens (tertiary/aromatic N) is 1. The first-order chi connectivity index (χ1) is 10.7. The number of benzene rings is 1. The molecule has 1 aliphatic heterocycles. The fraction of sp³-hybridized carbons (Fsp3) is 0.588. The predicted octanol–water partition coefficient (Wildman–Crippen LogP) is 1.85. The van der Waals surface area contributed by atoms with Gasteiger partial charge in [-0.05, 0) is 30.4 Å². The summed E-state index contributed by atoms with van der Waals surface area (Å²) in [5, 5.41) is 15.3. The molecular weight excluding hydrogens is 278 g/mol. The van der Waals surface area contributed by atoms with Crippen LogP contribution >= 0.6 is 0 Å². The highest BCUT2D eigenvalue weighted by Gasteiger charge is 2.17. The Morgan fingerprint density at radius 3 is 2.59 bits per heavy atom. The van der Waals surface area contributed by atoms with Crippen LogP contribution in [0.4, 0.5) is 4.79 Å². The number of hydrogen-bond donors (Lipinski definition) is 3. The third kappa shape index (κ3) is 5.31. The summed E-state index contributed by atoms with van der Waals surface area (Å²) in [6, 6.07) is 8.11. The number of aliphatic hydroxyl groups is 1. The molecule has 0 spiro atoms. The van der Waals surface area contributed by atoms with Crippen molar-refractivity contribution in [1.82, 2.24) is 15.5 Å². The first kappa shape index (κ1) is 16.8. The highest BCUT2D eigenvalue weighted by atomic mass is 16.3. The van der Waals surface area contributed by atoms with Gasteiger partial charge in [0.2, 0.25) is 0 Å². The van der Waals surface area contributed by atoms with E-state index in [-0.39, 0.29) is 12.1 Å². The van der Waals surface area contributed by atoms with Crippen LogP contribution in [0.3, 0.4) is 0 Å². The second-order valence-corrected chi connectivity index (χ2v) is 5.89. The average molecular weight is 305 g/mol. The molecule has 0 bridgehead atoms. The largest absolute Gasteiger partial charge is 0.393 e. The maximum atomic E-state index is 11.7. The van der Waals surface area contributed by atoms with Crippen molar-refractivity contribution in [3.8, 4) is 0 Å². The molecule has 0 radical (unpaired) electrons. The second kappa shape index (κ2) is 8.76. The molecule has 1 aromatic rings. The zero-order valence-electron chi connectivity index (χ0n) is 13.3. The van der Waals surface area contributed by atoms with Crippen molar-refractivity contribution in [3.63, 3.8) is 0 Å². The molecule has 122 valence electrons. The van der Waals surface area contributed by atoms with Gasteiger partial charge in [-0.1, -0.05) is 31.2 Å². The molecule has 5 nitrogen and oxygen atoms in total. The van der Waals surface area contributed by atoms with Crippen LogP contribution in [-0.4, -0.2) is 41.8 Å². The fourth-order valence-electron chi connectivity index (χ4n) is 2.68. The lowest BCUT2D eigenvalue weighted by molar-refractivity contribution is 0.0791. The lowest BCUT2D eigenvalue weighted by Gasteiger charge is -2.30. The number of aliphatic hydroxyl groups excluding tert-OH is 1. The molecule has 1 aliphatic rings. The highest BCUT2D eigenvalue weighted by molar-refractivity contribution is 5.73. The maximum absolute atomic E-state index is 11.7. The SMILES string of the molecule is CCCNC(=O)NCc1ccccc1CN1CCC(O)CC1. The van der Waals surface area contributed by atoms with Gasteiger partial charge in [-0.15, -0.1) is 0 Å². The molecule has 2 rings (SSSR count). The molecule has 0 saturated carbocycles. The third-order valence-corrected chi connectivity index (χ3v) is 4.04. The van der Waals surface area contributed by atoms with Crippen LogP contribution in [0.5, 0.6) is 0 Å². The molecule has 1 fully saturated rings. The van der Waals surface area contributed by atoms with Gasteiger partial charge in [0.1, 0.15) is 0 Å². The Labute approximate surface area is 132 Å². The van der Waals surface area contributed by atoms with Gasteiger partial charge in [0.05, 0.1) is 6.10 Å². The van der Waals surface area contributed by atoms with Gasteiger partial charge < -0.3 is 15.7 Å². The average Bonchev–Trinajstić information content (AvgIpc) is 2.54. The number of likely N-dealkylation sites (tertiary alicyclic amines) is 1. The van der Waals surface area contributed by atoms with Crippen molar-refractivity contribution in [3.05, 3.63) is 35.4 Å². The minimum atomic E-state index is -0.143. The van der Waals surface area contributed by atoms with Crippen LogP contribution < -0.4 is 10.6 Å². The van der Waals surface area contributed by atoms with E-state index < -0.39 is 0 Å². The second-order valence-electron chi connectivity index (χ2n) is 5.89. The molecule has 2 amide bonds. The zero-order chi connectivity index (χ0) is 15.8. The third-order valence-electron chi connectivity index (χ3n) is 4.04. The summed E-state index contributed by atoms with van der Waals surface area (Å²) in [6.45, 7) is 6.01. The van der Waals surface area contributed by atoms with Gasteiger partial charge in [0.15, 0.2) is 0 Å². The molecule has 0 unspecified atom stereocenters. The van der Waals surface area contributed by atoms with Crippen LogP contribution in [0.1, 0.15) is 37.3 Å². The Bertz CT molecular complexity index is 471. The van der Waals surface area contributed by atoms with E-state index in [1.54, 1.807) is 0 Å². The van der Waals surface area contributed by atoms with E-state index in [1.807, 2.05) is 19.1 Å². The van der Waals surface area contributed by atoms with E-state index in [1.165, 1.54) is 5.56 Å². The zero-order valence-corrected chi connectivity index (χ0v) is 13.3. The van der Waals surface area contributed by atoms with Crippen LogP contribution in [-0.2, 0) is 13.1 Å². The van der Waals surface area contributed by atoms with Crippen molar-refractivity contribution < 1.29 is 9.90 Å². The number of carbonyl (C=O) groups is 1. The molecule has 0 aromatic heterocycles. The van der Waals surface area contributed by atoms with Crippen molar-refractivity contribution in [1.29, 1.82) is 0 Å². The monoisotopic (exact) mass is 305 g/mol. The predicted molar refractivity (Wildman–Crippen MR) is 87.5 cm³/mol. The first-order valence-electron chi connectivity index (χ1n) is 8.18. The summed E-state index contributed by atoms with van der Waals surface area (Å²) in [6.07, 6.45) is 2.49. The number of piperidine rings is 1. The lowest BCUT2D eigenvalue weighted by Crippen LogP contribution is -2.37. The molecule has 5 heteroatoms. The molecule has 0 atom stereocenters. The highest BCUT2D eigenvalue weighted by Crippen LogP contribution is 2.16. The molecule has 3 N–H and O–H groups in total. The molecule has 1 aromatic carbocycles. The normalized spacial score (nSPS) is 16.5. The summed E-state index contributed by atoms with van der Waals surface area (Å²) >= 11 is 0. The van der Waals surface area contributed by atoms with Crippen LogP contribution in [0, 0.1) is 0 Å². The van der Waals surface area contributed by atoms with E-state index >= 15 is 0 Å². The number of urea groups is 1. The van der Waals surface area contributed by atoms with Gasteiger partial charge in [-0.2, -0.15) is 0 Å². The van der Waals surface area contributed by atoms with E-state index in [0.717, 1.165) is 44.5 Å². The number of rotatable bonds is 6. The van der Waals surface area contributed by atoms with E-state index in [2.05, 4.69) is 27.7 Å². The van der Waals surface area contributed by atoms with Gasteiger partial charge >= 0.3 is 6.03 Å². The van der Waals surface area contributed by atoms with Crippen molar-refractivity contribution in [2.75, 3.05) is 19.6 Å². The number of hydrogen-bond acceptors (Lipinski definition) is 3. The van der Waals surface area contributed by atoms with Gasteiger partial charge in [0.25, 0.3) is 0 Å². The standard InChI is InChI=1S/C17H27N3O2/c1-2-9-18-17(22)19-12-14-5-3-4-6-15(14)13-20-10-7-16(21)8-11-20/h3-6,16,21H,2,7-13H2,1H3,(H2,18,19,22). The Morgan fingerprint density at radius 2 is 1.91 bits per heavy atom. The Hall–Kier alpha value is -1.59. The summed E-state index contributed by atoms with van der Waals surface area (Å²) < 4.78 is 0. The first-order valence-corrected chi connectivity index (χ1v) is 8.18. The fourth-order valence-corrected chi connectivity index (χ4v) is 2.68. The number of carbonyl (C=O) groups excluding carboxylic acids is 1. The summed E-state index contributed by atoms with van der Waals surface area (Å²) in [7, 11) is 0. The molecular formula is C17H27N3O2. The number of nitrogens with one attached hydrogen (secondary N) is 2. The van der Waals surface area contributed by atoms with Crippen LogP contribution in [0.25, 0.3) is 0 Å². The topological polar surface area (TPSA) is 64.6 Å². The lowest BCUT2D eigenvalue weighted by atomic mass is 10.0. The van der Waals surface area contributed by atoms with E-state index in [4.69, 9.17) is 0 Å². The van der Waals surface area contributed by atoms with Crippen molar-refractivity contribution in [2.24, 2.45) is 0 Å². The molecule has 1 heterocycles. The molecule has 0 aliphatic carbocycles. The summed E-state index contributed by atoms with van der Waals surface area (Å²) in [5.41, 5.74) is 2.40. The minimum Gasteiger partial charge on any atom is -0.393 e. The van der Waals surface area contributed by atoms with Crippen molar-refractivity contribution >= 4 is 6.03 Å². The van der Waals surface area contributed by atoms with Gasteiger partial charge in [-0.25, -0.2) is 4.79 Å². The van der Waals surface area contributed by atoms with Gasteiger partial charge in [0, 0.05) is 32.7 Å². The number of amides is 2. The van der Waals surface area contributed by atoms with Crippen molar-refractivity contribution in [2.45, 2.75) is 45.4 Å². The minimum absolute atomic E-state index is 0.113. The quantitative estimate of drug-likeness (QED) is 0.751.